The number of amides is 2. The zero-order chi connectivity index (χ0) is 15.1. The predicted octanol–water partition coefficient (Wildman–Crippen LogP) is 1.00. The average molecular weight is 299 g/mol. The van der Waals surface area contributed by atoms with E-state index < -0.39 is 11.9 Å². The molecule has 108 valence electrons. The van der Waals surface area contributed by atoms with Crippen molar-refractivity contribution in [1.82, 2.24) is 10.2 Å². The number of rotatable bonds is 6. The number of carboxylic acid groups (broad SMARTS) is 1. The average Bonchev–Trinajstić information content (AvgIpc) is 2.42. The van der Waals surface area contributed by atoms with Crippen LogP contribution in [-0.4, -0.2) is 47.9 Å². The van der Waals surface area contributed by atoms with E-state index in [1.807, 2.05) is 0 Å². The molecule has 0 atom stereocenters. The number of carbonyl (C=O) groups excluding carboxylic acids is 2. The van der Waals surface area contributed by atoms with Gasteiger partial charge in [0.25, 0.3) is 5.91 Å². The molecule has 1 rings (SSSR count). The zero-order valence-corrected chi connectivity index (χ0v) is 11.7. The number of carbonyl (C=O) groups is 3. The zero-order valence-electron chi connectivity index (χ0n) is 10.9. The third kappa shape index (κ3) is 4.89. The summed E-state index contributed by atoms with van der Waals surface area (Å²) in [5, 5.41) is 11.3. The van der Waals surface area contributed by atoms with Gasteiger partial charge in [-0.1, -0.05) is 23.7 Å². The molecule has 2 N–H and O–H groups in total. The van der Waals surface area contributed by atoms with Gasteiger partial charge in [0.15, 0.2) is 0 Å². The number of hydrogen-bond acceptors (Lipinski definition) is 3. The van der Waals surface area contributed by atoms with Gasteiger partial charge >= 0.3 is 5.97 Å². The molecule has 0 spiro atoms. The molecule has 0 saturated heterocycles. The van der Waals surface area contributed by atoms with Crippen LogP contribution in [0.5, 0.6) is 0 Å². The summed E-state index contributed by atoms with van der Waals surface area (Å²) < 4.78 is 0. The summed E-state index contributed by atoms with van der Waals surface area (Å²) in [4.78, 5) is 35.1. The van der Waals surface area contributed by atoms with Crippen molar-refractivity contribution in [1.29, 1.82) is 0 Å². The number of hydrogen-bond donors (Lipinski definition) is 2. The molecule has 0 unspecified atom stereocenters. The van der Waals surface area contributed by atoms with Gasteiger partial charge in [-0.25, -0.2) is 0 Å². The topological polar surface area (TPSA) is 86.7 Å². The minimum absolute atomic E-state index is 0.0934. The largest absolute Gasteiger partial charge is 0.481 e. The van der Waals surface area contributed by atoms with E-state index in [1.165, 1.54) is 11.9 Å². The molecule has 0 aliphatic rings. The lowest BCUT2D eigenvalue weighted by atomic mass is 10.2. The molecule has 0 saturated carbocycles. The summed E-state index contributed by atoms with van der Waals surface area (Å²) in [7, 11) is 1.48. The molecule has 2 amide bonds. The quantitative estimate of drug-likeness (QED) is 0.820. The molecule has 0 aromatic heterocycles. The van der Waals surface area contributed by atoms with Crippen LogP contribution in [0.3, 0.4) is 0 Å². The first-order valence-electron chi connectivity index (χ1n) is 5.90. The van der Waals surface area contributed by atoms with E-state index in [0.717, 1.165) is 0 Å². The van der Waals surface area contributed by atoms with E-state index in [0.29, 0.717) is 5.02 Å². The summed E-state index contributed by atoms with van der Waals surface area (Å²) in [6, 6.07) is 6.50. The fourth-order valence-corrected chi connectivity index (χ4v) is 1.64. The Hall–Kier alpha value is -2.08. The molecule has 0 heterocycles. The Labute approximate surface area is 121 Å². The number of aliphatic carboxylic acids is 1. The molecule has 1 aromatic carbocycles. The molecule has 1 aromatic rings. The first-order valence-corrected chi connectivity index (χ1v) is 6.28. The first-order chi connectivity index (χ1) is 9.41. The van der Waals surface area contributed by atoms with Gasteiger partial charge in [0.1, 0.15) is 0 Å². The number of likely N-dealkylation sites (N-methyl/N-ethyl adjacent to an activating group) is 1. The van der Waals surface area contributed by atoms with Crippen LogP contribution in [0.1, 0.15) is 16.8 Å². The van der Waals surface area contributed by atoms with E-state index in [4.69, 9.17) is 16.7 Å². The Morgan fingerprint density at radius 2 is 1.95 bits per heavy atom. The number of carboxylic acids is 1. The smallest absolute Gasteiger partial charge is 0.305 e. The predicted molar refractivity (Wildman–Crippen MR) is 73.7 cm³/mol. The number of benzene rings is 1. The van der Waals surface area contributed by atoms with Crippen molar-refractivity contribution < 1.29 is 19.5 Å². The van der Waals surface area contributed by atoms with Crippen LogP contribution in [0.4, 0.5) is 0 Å². The fourth-order valence-electron chi connectivity index (χ4n) is 1.42. The van der Waals surface area contributed by atoms with Gasteiger partial charge in [-0.05, 0) is 12.1 Å². The molecule has 0 aliphatic carbocycles. The van der Waals surface area contributed by atoms with Gasteiger partial charge in [-0.15, -0.1) is 0 Å². The maximum Gasteiger partial charge on any atom is 0.305 e. The second-order valence-corrected chi connectivity index (χ2v) is 4.53. The Balaban J connectivity index is 2.47. The van der Waals surface area contributed by atoms with Crippen LogP contribution < -0.4 is 5.32 Å². The summed E-state index contributed by atoms with van der Waals surface area (Å²) in [5.74, 6) is -1.80. The number of nitrogens with one attached hydrogen (secondary N) is 1. The highest BCUT2D eigenvalue weighted by Gasteiger charge is 2.14. The van der Waals surface area contributed by atoms with Crippen molar-refractivity contribution in [3.8, 4) is 0 Å². The van der Waals surface area contributed by atoms with Crippen molar-refractivity contribution in [3.05, 3.63) is 34.9 Å². The van der Waals surface area contributed by atoms with Gasteiger partial charge in [-0.2, -0.15) is 0 Å². The molecule has 0 bridgehead atoms. The van der Waals surface area contributed by atoms with Crippen molar-refractivity contribution in [2.45, 2.75) is 6.42 Å². The van der Waals surface area contributed by atoms with Crippen LogP contribution in [0.15, 0.2) is 24.3 Å². The lowest BCUT2D eigenvalue weighted by molar-refractivity contribution is -0.138. The van der Waals surface area contributed by atoms with E-state index in [2.05, 4.69) is 5.32 Å². The third-order valence-electron chi connectivity index (χ3n) is 2.61. The maximum absolute atomic E-state index is 11.8. The van der Waals surface area contributed by atoms with Gasteiger partial charge in [0, 0.05) is 13.6 Å². The van der Waals surface area contributed by atoms with E-state index >= 15 is 0 Å². The van der Waals surface area contributed by atoms with Crippen molar-refractivity contribution >= 4 is 29.4 Å². The Morgan fingerprint density at radius 3 is 2.55 bits per heavy atom. The molecular weight excluding hydrogens is 284 g/mol. The maximum atomic E-state index is 11.8. The Morgan fingerprint density at radius 1 is 1.30 bits per heavy atom. The van der Waals surface area contributed by atoms with Crippen LogP contribution in [0, 0.1) is 0 Å². The van der Waals surface area contributed by atoms with E-state index in [1.54, 1.807) is 24.3 Å². The van der Waals surface area contributed by atoms with Crippen molar-refractivity contribution in [3.63, 3.8) is 0 Å². The lowest BCUT2D eigenvalue weighted by Crippen LogP contribution is -2.39. The first kappa shape index (κ1) is 16.0. The van der Waals surface area contributed by atoms with Crippen molar-refractivity contribution in [2.24, 2.45) is 0 Å². The molecule has 0 fully saturated rings. The second-order valence-electron chi connectivity index (χ2n) is 4.12. The Kier molecular flexibility index (Phi) is 5.99. The van der Waals surface area contributed by atoms with Crippen LogP contribution in [0.25, 0.3) is 0 Å². The van der Waals surface area contributed by atoms with E-state index in [9.17, 15) is 14.4 Å². The monoisotopic (exact) mass is 298 g/mol. The molecular formula is C13H15ClN2O4. The van der Waals surface area contributed by atoms with Gasteiger partial charge in [0.2, 0.25) is 5.91 Å². The lowest BCUT2D eigenvalue weighted by Gasteiger charge is -2.16. The minimum Gasteiger partial charge on any atom is -0.481 e. The molecule has 6 nitrogen and oxygen atoms in total. The molecule has 7 heteroatoms. The summed E-state index contributed by atoms with van der Waals surface area (Å²) in [5.41, 5.74) is 0.287. The standard InChI is InChI=1S/C13H15ClN2O4/c1-16(7-6-12(18)19)11(17)8-15-13(20)9-4-2-3-5-10(9)14/h2-5H,6-8H2,1H3,(H,15,20)(H,18,19). The van der Waals surface area contributed by atoms with Crippen LogP contribution in [-0.2, 0) is 9.59 Å². The third-order valence-corrected chi connectivity index (χ3v) is 2.94. The highest BCUT2D eigenvalue weighted by atomic mass is 35.5. The summed E-state index contributed by atoms with van der Waals surface area (Å²) in [6.45, 7) is -0.115. The van der Waals surface area contributed by atoms with Gasteiger partial charge in [-0.3, -0.25) is 14.4 Å². The van der Waals surface area contributed by atoms with Gasteiger partial charge in [0.05, 0.1) is 23.6 Å². The number of halogens is 1. The van der Waals surface area contributed by atoms with Crippen molar-refractivity contribution in [2.75, 3.05) is 20.1 Å². The fraction of sp³-hybridized carbons (Fsp3) is 0.308. The number of nitrogens with zero attached hydrogens (tertiary/aromatic N) is 1. The summed E-state index contributed by atoms with van der Waals surface area (Å²) in [6.07, 6.45) is -0.138. The Bertz CT molecular complexity index is 519. The van der Waals surface area contributed by atoms with Crippen LogP contribution in [0.2, 0.25) is 5.02 Å². The second kappa shape index (κ2) is 7.49. The minimum atomic E-state index is -0.982. The highest BCUT2D eigenvalue weighted by molar-refractivity contribution is 6.33. The highest BCUT2D eigenvalue weighted by Crippen LogP contribution is 2.14. The summed E-state index contributed by atoms with van der Waals surface area (Å²) >= 11 is 5.86. The molecule has 20 heavy (non-hydrogen) atoms. The molecule has 0 radical (unpaired) electrons. The van der Waals surface area contributed by atoms with Crippen LogP contribution >= 0.6 is 11.6 Å². The SMILES string of the molecule is CN(CCC(=O)O)C(=O)CNC(=O)c1ccccc1Cl. The van der Waals surface area contributed by atoms with E-state index in [-0.39, 0.29) is 31.0 Å². The molecule has 0 aliphatic heterocycles. The van der Waals surface area contributed by atoms with Gasteiger partial charge < -0.3 is 15.3 Å². The normalized spacial score (nSPS) is 9.90.